The normalized spacial score (nSPS) is 14.1. The highest BCUT2D eigenvalue weighted by molar-refractivity contribution is 7.13. The predicted molar refractivity (Wildman–Crippen MR) is 146 cm³/mol. The van der Waals surface area contributed by atoms with Gasteiger partial charge in [-0.15, -0.1) is 12.4 Å². The number of aromatic hydroxyl groups is 1. The number of rotatable bonds is 9. The number of fused-ring (bicyclic) bond motifs is 1. The number of phenolic OH excluding ortho intramolecular Hbond substituents is 1. The Kier molecular flexibility index (Phi) is 9.86. The van der Waals surface area contributed by atoms with Gasteiger partial charge in [0.1, 0.15) is 17.1 Å². The van der Waals surface area contributed by atoms with Crippen LogP contribution in [0.5, 0.6) is 11.5 Å². The first-order chi connectivity index (χ1) is 16.5. The van der Waals surface area contributed by atoms with E-state index in [-0.39, 0.29) is 34.6 Å². The van der Waals surface area contributed by atoms with E-state index >= 15 is 0 Å². The fourth-order valence-electron chi connectivity index (χ4n) is 4.42. The number of phenols is 1. The number of aromatic nitrogens is 1. The number of nitrogens with zero attached hydrogens (tertiary/aromatic N) is 3. The molecule has 4 rings (SSSR count). The summed E-state index contributed by atoms with van der Waals surface area (Å²) in [4.78, 5) is 17.6. The van der Waals surface area contributed by atoms with Crippen LogP contribution in [0.3, 0.4) is 0 Å². The van der Waals surface area contributed by atoms with Gasteiger partial charge in [-0.1, -0.05) is 30.7 Å². The van der Waals surface area contributed by atoms with Crippen LogP contribution in [0.25, 0.3) is 10.1 Å². The van der Waals surface area contributed by atoms with Crippen molar-refractivity contribution in [2.75, 3.05) is 51.3 Å². The third-order valence-electron chi connectivity index (χ3n) is 6.31. The Labute approximate surface area is 221 Å². The molecule has 1 amide bonds. The molecule has 0 bridgehead atoms. The topological polar surface area (TPSA) is 77.9 Å². The molecule has 1 aromatic heterocycles. The molecule has 0 spiro atoms. The molecule has 0 atom stereocenters. The maximum Gasteiger partial charge on any atom is 0.258 e. The van der Waals surface area contributed by atoms with Gasteiger partial charge in [0.15, 0.2) is 5.75 Å². The maximum absolute atomic E-state index is 12.7. The van der Waals surface area contributed by atoms with Crippen molar-refractivity contribution < 1.29 is 14.6 Å². The van der Waals surface area contributed by atoms with Crippen LogP contribution in [0, 0.1) is 0 Å². The Hall–Kier alpha value is -2.26. The van der Waals surface area contributed by atoms with E-state index in [1.54, 1.807) is 17.6 Å². The van der Waals surface area contributed by atoms with Crippen molar-refractivity contribution in [3.63, 3.8) is 0 Å². The van der Waals surface area contributed by atoms with E-state index < -0.39 is 0 Å². The molecular weight excluding hydrogens is 507 g/mol. The smallest absolute Gasteiger partial charge is 0.258 e. The molecule has 0 saturated carbocycles. The van der Waals surface area contributed by atoms with Crippen molar-refractivity contribution in [1.29, 1.82) is 0 Å². The maximum atomic E-state index is 12.7. The molecule has 2 heterocycles. The summed E-state index contributed by atoms with van der Waals surface area (Å²) < 4.78 is 11.3. The summed E-state index contributed by atoms with van der Waals surface area (Å²) in [6.45, 7) is 7.42. The van der Waals surface area contributed by atoms with Crippen LogP contribution in [0.1, 0.15) is 35.7 Å². The molecule has 0 unspecified atom stereocenters. The number of ether oxygens (including phenoxy) is 1. The largest absolute Gasteiger partial charge is 0.505 e. The standard InChI is InChI=1S/C25H31ClN4O3S.ClH/c1-3-17-16-19(26)22(31)21(23(17)33-2)25(32)27-10-6-7-11-29-12-14-30(15-13-29)24-18-8-4-5-9-20(18)34-28-24;/h4-5,8-9,16,31H,3,6-7,10-15H2,1-2H3,(H,27,32);1H. The number of carbonyl (C=O) groups excluding carboxylic acids is 1. The van der Waals surface area contributed by atoms with Gasteiger partial charge in [0, 0.05) is 38.1 Å². The fraction of sp³-hybridized carbons (Fsp3) is 0.440. The van der Waals surface area contributed by atoms with Crippen molar-refractivity contribution in [1.82, 2.24) is 14.6 Å². The van der Waals surface area contributed by atoms with Crippen LogP contribution >= 0.6 is 35.5 Å². The van der Waals surface area contributed by atoms with Crippen LogP contribution in [0.15, 0.2) is 30.3 Å². The molecule has 190 valence electrons. The molecule has 3 aromatic rings. The minimum Gasteiger partial charge on any atom is -0.505 e. The molecule has 2 N–H and O–H groups in total. The molecule has 2 aromatic carbocycles. The number of benzene rings is 2. The molecule has 35 heavy (non-hydrogen) atoms. The van der Waals surface area contributed by atoms with Crippen molar-refractivity contribution in [2.45, 2.75) is 26.2 Å². The molecule has 1 fully saturated rings. The SMILES string of the molecule is CCc1cc(Cl)c(O)c(C(=O)NCCCCN2CCN(c3nsc4ccccc34)CC2)c1OC.Cl. The number of nitrogens with one attached hydrogen (secondary N) is 1. The van der Waals surface area contributed by atoms with Crippen molar-refractivity contribution in [2.24, 2.45) is 0 Å². The van der Waals surface area contributed by atoms with Gasteiger partial charge in [-0.2, -0.15) is 4.37 Å². The van der Waals surface area contributed by atoms with Gasteiger partial charge in [-0.05, 0) is 61.1 Å². The molecule has 1 saturated heterocycles. The summed E-state index contributed by atoms with van der Waals surface area (Å²) in [6, 6.07) is 10.0. The number of hydrogen-bond donors (Lipinski definition) is 2. The van der Waals surface area contributed by atoms with E-state index in [0.29, 0.717) is 18.7 Å². The number of piperazine rings is 1. The van der Waals surface area contributed by atoms with E-state index in [2.05, 4.69) is 43.8 Å². The first-order valence-corrected chi connectivity index (χ1v) is 12.9. The van der Waals surface area contributed by atoms with E-state index in [9.17, 15) is 9.90 Å². The average Bonchev–Trinajstić information content (AvgIpc) is 3.29. The summed E-state index contributed by atoms with van der Waals surface area (Å²) >= 11 is 7.68. The Balaban J connectivity index is 0.00000342. The zero-order valence-corrected chi connectivity index (χ0v) is 22.4. The number of amides is 1. The number of carbonyl (C=O) groups is 1. The van der Waals surface area contributed by atoms with E-state index in [1.165, 1.54) is 17.2 Å². The number of halogens is 2. The van der Waals surface area contributed by atoms with Crippen LogP contribution < -0.4 is 15.0 Å². The second-order valence-corrected chi connectivity index (χ2v) is 9.63. The summed E-state index contributed by atoms with van der Waals surface area (Å²) in [5.41, 5.74) is 0.901. The van der Waals surface area contributed by atoms with Gasteiger partial charge >= 0.3 is 0 Å². The molecule has 7 nitrogen and oxygen atoms in total. The number of aryl methyl sites for hydroxylation is 1. The molecule has 1 aliphatic rings. The summed E-state index contributed by atoms with van der Waals surface area (Å²) in [6.07, 6.45) is 2.49. The fourth-order valence-corrected chi connectivity index (χ4v) is 5.44. The first-order valence-electron chi connectivity index (χ1n) is 11.7. The lowest BCUT2D eigenvalue weighted by Gasteiger charge is -2.35. The average molecular weight is 540 g/mol. The highest BCUT2D eigenvalue weighted by Crippen LogP contribution is 2.38. The number of anilines is 1. The van der Waals surface area contributed by atoms with Gasteiger partial charge in [-0.3, -0.25) is 9.69 Å². The summed E-state index contributed by atoms with van der Waals surface area (Å²) in [5, 5.41) is 14.6. The Morgan fingerprint density at radius 2 is 1.97 bits per heavy atom. The van der Waals surface area contributed by atoms with Crippen LogP contribution in [0.2, 0.25) is 5.02 Å². The van der Waals surface area contributed by atoms with Gasteiger partial charge < -0.3 is 20.1 Å². The molecule has 10 heteroatoms. The zero-order valence-electron chi connectivity index (χ0n) is 20.1. The Morgan fingerprint density at radius 3 is 2.69 bits per heavy atom. The third kappa shape index (κ3) is 6.12. The van der Waals surface area contributed by atoms with Crippen LogP contribution in [-0.2, 0) is 6.42 Å². The second-order valence-electron chi connectivity index (χ2n) is 8.42. The second kappa shape index (κ2) is 12.6. The monoisotopic (exact) mass is 538 g/mol. The van der Waals surface area contributed by atoms with Crippen molar-refractivity contribution in [3.8, 4) is 11.5 Å². The van der Waals surface area contributed by atoms with Crippen LogP contribution in [0.4, 0.5) is 5.82 Å². The summed E-state index contributed by atoms with van der Waals surface area (Å²) in [5.74, 6) is 0.885. The van der Waals surface area contributed by atoms with Gasteiger partial charge in [0.05, 0.1) is 16.8 Å². The van der Waals surface area contributed by atoms with Crippen LogP contribution in [-0.4, -0.2) is 66.7 Å². The molecule has 0 radical (unpaired) electrons. The lowest BCUT2D eigenvalue weighted by atomic mass is 10.0. The number of methoxy groups -OCH3 is 1. The highest BCUT2D eigenvalue weighted by atomic mass is 35.5. The molecule has 0 aliphatic carbocycles. The first kappa shape index (κ1) is 27.3. The van der Waals surface area contributed by atoms with Gasteiger partial charge in [0.2, 0.25) is 0 Å². The van der Waals surface area contributed by atoms with Crippen molar-refractivity contribution >= 4 is 57.4 Å². The Morgan fingerprint density at radius 1 is 1.23 bits per heavy atom. The third-order valence-corrected chi connectivity index (χ3v) is 7.42. The number of hydrogen-bond acceptors (Lipinski definition) is 7. The lowest BCUT2D eigenvalue weighted by molar-refractivity contribution is 0.0946. The minimum absolute atomic E-state index is 0. The highest BCUT2D eigenvalue weighted by Gasteiger charge is 2.23. The molecule has 1 aliphatic heterocycles. The zero-order chi connectivity index (χ0) is 24.1. The minimum atomic E-state index is -0.365. The van der Waals surface area contributed by atoms with Crippen molar-refractivity contribution in [3.05, 3.63) is 46.5 Å². The Bertz CT molecular complexity index is 1150. The summed E-state index contributed by atoms with van der Waals surface area (Å²) in [7, 11) is 1.50. The van der Waals surface area contributed by atoms with Gasteiger partial charge in [-0.25, -0.2) is 0 Å². The van der Waals surface area contributed by atoms with E-state index in [1.807, 2.05) is 6.92 Å². The van der Waals surface area contributed by atoms with E-state index in [0.717, 1.165) is 56.9 Å². The predicted octanol–water partition coefficient (Wildman–Crippen LogP) is 4.98. The quantitative estimate of drug-likeness (QED) is 0.374. The molecular formula is C25H32Cl2N4O3S. The number of unbranched alkanes of at least 4 members (excludes halogenated alkanes) is 1. The van der Waals surface area contributed by atoms with Gasteiger partial charge in [0.25, 0.3) is 5.91 Å². The van der Waals surface area contributed by atoms with E-state index in [4.69, 9.17) is 16.3 Å². The lowest BCUT2D eigenvalue weighted by Crippen LogP contribution is -2.46.